The standard InChI is InChI=1S/C32H29ClN10O8S/c1-2-52(50,51)38-32(49)36-21-6-3-18(4-7-21)13-27(28(44)35-22-8-9-23-19(14-22)15-24(37-23)31(47)48)42-12-11-41(29(45)30(42)46)26-16-20(33)5-10-25(26)43-17-34-39-40-43/h3-10,14-17,27,37H,2,11-13H2,1H3,(H,35,44)(H,47,48)(H2,36,38,49). The number of carbonyl (C=O) groups is 5. The molecule has 6 rings (SSSR count). The van der Waals surface area contributed by atoms with E-state index < -0.39 is 45.8 Å². The summed E-state index contributed by atoms with van der Waals surface area (Å²) < 4.78 is 26.7. The Morgan fingerprint density at radius 2 is 1.69 bits per heavy atom. The van der Waals surface area contributed by atoms with Crippen LogP contribution in [0.25, 0.3) is 16.6 Å². The van der Waals surface area contributed by atoms with Crippen LogP contribution in [0, 0.1) is 0 Å². The second-order valence-corrected chi connectivity index (χ2v) is 13.9. The first-order valence-electron chi connectivity index (χ1n) is 15.5. The topological polar surface area (TPSA) is 242 Å². The van der Waals surface area contributed by atoms with Gasteiger partial charge in [-0.3, -0.25) is 14.4 Å². The number of tetrazole rings is 1. The number of hydrogen-bond acceptors (Lipinski definition) is 10. The van der Waals surface area contributed by atoms with E-state index >= 15 is 0 Å². The lowest BCUT2D eigenvalue weighted by Gasteiger charge is -2.38. The van der Waals surface area contributed by atoms with Gasteiger partial charge in [0.2, 0.25) is 15.9 Å². The largest absolute Gasteiger partial charge is 0.477 e. The van der Waals surface area contributed by atoms with E-state index in [1.807, 2.05) is 4.72 Å². The first-order chi connectivity index (χ1) is 24.8. The van der Waals surface area contributed by atoms with Gasteiger partial charge in [-0.05, 0) is 77.5 Å². The number of aromatic amines is 1. The number of halogens is 1. The quantitative estimate of drug-likeness (QED) is 0.123. The average molecular weight is 749 g/mol. The lowest BCUT2D eigenvalue weighted by atomic mass is 10.0. The van der Waals surface area contributed by atoms with Crippen LogP contribution in [0.5, 0.6) is 0 Å². The highest BCUT2D eigenvalue weighted by Crippen LogP contribution is 2.30. The number of urea groups is 1. The summed E-state index contributed by atoms with van der Waals surface area (Å²) in [6.45, 7) is 1.30. The molecule has 18 nitrogen and oxygen atoms in total. The third kappa shape index (κ3) is 7.69. The number of anilines is 3. The molecule has 52 heavy (non-hydrogen) atoms. The molecule has 3 aromatic carbocycles. The van der Waals surface area contributed by atoms with E-state index in [2.05, 4.69) is 31.1 Å². The minimum atomic E-state index is -3.79. The smallest absolute Gasteiger partial charge is 0.352 e. The first-order valence-corrected chi connectivity index (χ1v) is 17.6. The van der Waals surface area contributed by atoms with Crippen LogP contribution in [0.15, 0.2) is 73.1 Å². The molecule has 0 bridgehead atoms. The number of H-pyrrole nitrogens is 1. The third-order valence-electron chi connectivity index (χ3n) is 8.14. The highest BCUT2D eigenvalue weighted by Gasteiger charge is 2.40. The van der Waals surface area contributed by atoms with Crippen molar-refractivity contribution in [2.45, 2.75) is 19.4 Å². The van der Waals surface area contributed by atoms with Gasteiger partial charge in [0.25, 0.3) is 0 Å². The van der Waals surface area contributed by atoms with Crippen molar-refractivity contribution in [3.05, 3.63) is 89.3 Å². The van der Waals surface area contributed by atoms with Gasteiger partial charge in [-0.1, -0.05) is 23.7 Å². The Balaban J connectivity index is 1.27. The predicted octanol–water partition coefficient (Wildman–Crippen LogP) is 2.39. The molecular formula is C32H29ClN10O8S. The van der Waals surface area contributed by atoms with Gasteiger partial charge in [-0.2, -0.15) is 4.68 Å². The first kappa shape index (κ1) is 35.5. The number of amides is 5. The van der Waals surface area contributed by atoms with Crippen LogP contribution < -0.4 is 20.3 Å². The molecule has 5 amide bonds. The molecule has 5 N–H and O–H groups in total. The molecule has 0 aliphatic carbocycles. The normalized spacial score (nSPS) is 14.0. The maximum atomic E-state index is 14.0. The molecule has 3 heterocycles. The van der Waals surface area contributed by atoms with Gasteiger partial charge in [0.15, 0.2) is 0 Å². The zero-order valence-electron chi connectivity index (χ0n) is 27.1. The van der Waals surface area contributed by atoms with Crippen LogP contribution in [0.2, 0.25) is 5.02 Å². The van der Waals surface area contributed by atoms with Crippen molar-refractivity contribution in [1.29, 1.82) is 0 Å². The van der Waals surface area contributed by atoms with Crippen LogP contribution in [-0.4, -0.2) is 98.2 Å². The summed E-state index contributed by atoms with van der Waals surface area (Å²) in [4.78, 5) is 70.4. The highest BCUT2D eigenvalue weighted by atomic mass is 35.5. The van der Waals surface area contributed by atoms with Gasteiger partial charge in [0.05, 0.1) is 17.1 Å². The summed E-state index contributed by atoms with van der Waals surface area (Å²) in [6, 6.07) is 14.8. The number of nitrogens with zero attached hydrogens (tertiary/aromatic N) is 6. The van der Waals surface area contributed by atoms with E-state index in [0.29, 0.717) is 32.9 Å². The van der Waals surface area contributed by atoms with Crippen molar-refractivity contribution in [1.82, 2.24) is 34.8 Å². The zero-order chi connectivity index (χ0) is 37.2. The van der Waals surface area contributed by atoms with Gasteiger partial charge in [0.1, 0.15) is 18.1 Å². The molecule has 1 fully saturated rings. The second kappa shape index (κ2) is 14.5. The predicted molar refractivity (Wildman–Crippen MR) is 188 cm³/mol. The van der Waals surface area contributed by atoms with Gasteiger partial charge in [0, 0.05) is 46.8 Å². The summed E-state index contributed by atoms with van der Waals surface area (Å²) in [6.07, 6.45) is 1.26. The van der Waals surface area contributed by atoms with Crippen LogP contribution in [0.3, 0.4) is 0 Å². The molecule has 1 unspecified atom stereocenters. The highest BCUT2D eigenvalue weighted by molar-refractivity contribution is 7.90. The van der Waals surface area contributed by atoms with E-state index in [1.165, 1.54) is 52.0 Å². The van der Waals surface area contributed by atoms with E-state index in [0.717, 1.165) is 0 Å². The molecule has 1 atom stereocenters. The van der Waals surface area contributed by atoms with Crippen LogP contribution >= 0.6 is 11.6 Å². The van der Waals surface area contributed by atoms with E-state index in [4.69, 9.17) is 11.6 Å². The van der Waals surface area contributed by atoms with Crippen molar-refractivity contribution >= 4 is 79.3 Å². The number of carboxylic acid groups (broad SMARTS) is 1. The Labute approximate surface area is 299 Å². The van der Waals surface area contributed by atoms with Crippen molar-refractivity contribution in [2.75, 3.05) is 34.4 Å². The van der Waals surface area contributed by atoms with Crippen LogP contribution in [0.4, 0.5) is 21.9 Å². The second-order valence-electron chi connectivity index (χ2n) is 11.5. The van der Waals surface area contributed by atoms with Gasteiger partial charge >= 0.3 is 23.8 Å². The molecule has 268 valence electrons. The fourth-order valence-electron chi connectivity index (χ4n) is 5.57. The number of nitrogens with one attached hydrogen (secondary N) is 4. The molecule has 0 saturated carbocycles. The Morgan fingerprint density at radius 1 is 0.942 bits per heavy atom. The molecule has 5 aromatic rings. The van der Waals surface area contributed by atoms with Crippen molar-refractivity contribution in [3.8, 4) is 5.69 Å². The van der Waals surface area contributed by atoms with Gasteiger partial charge in [-0.25, -0.2) is 22.7 Å². The Morgan fingerprint density at radius 3 is 2.38 bits per heavy atom. The number of aromatic nitrogens is 5. The number of aromatic carboxylic acids is 1. The minimum Gasteiger partial charge on any atom is -0.477 e. The fraction of sp³-hybridized carbons (Fsp3) is 0.188. The lowest BCUT2D eigenvalue weighted by Crippen LogP contribution is -2.60. The van der Waals surface area contributed by atoms with Crippen molar-refractivity contribution in [2.24, 2.45) is 0 Å². The van der Waals surface area contributed by atoms with Gasteiger partial charge in [-0.15, -0.1) is 5.10 Å². The number of carbonyl (C=O) groups excluding carboxylic acids is 4. The number of carboxylic acids is 1. The molecule has 2 aromatic heterocycles. The molecule has 0 radical (unpaired) electrons. The maximum absolute atomic E-state index is 14.0. The number of benzene rings is 3. The monoisotopic (exact) mass is 748 g/mol. The number of hydrogen-bond donors (Lipinski definition) is 5. The zero-order valence-corrected chi connectivity index (χ0v) is 28.7. The Hall–Kier alpha value is -6.34. The summed E-state index contributed by atoms with van der Waals surface area (Å²) in [7, 11) is -3.79. The van der Waals surface area contributed by atoms with Crippen molar-refractivity contribution < 1.29 is 37.5 Å². The molecule has 0 spiro atoms. The maximum Gasteiger partial charge on any atom is 0.352 e. The van der Waals surface area contributed by atoms with E-state index in [9.17, 15) is 37.5 Å². The SMILES string of the molecule is CCS(=O)(=O)NC(=O)Nc1ccc(CC(C(=O)Nc2ccc3[nH]c(C(=O)O)cc3c2)N2CCN(c3cc(Cl)ccc3-n3cnnn3)C(=O)C2=O)cc1. The van der Waals surface area contributed by atoms with Gasteiger partial charge < -0.3 is 30.5 Å². The summed E-state index contributed by atoms with van der Waals surface area (Å²) in [5, 5.41) is 26.5. The molecule has 1 saturated heterocycles. The Kier molecular flexibility index (Phi) is 9.89. The van der Waals surface area contributed by atoms with Crippen LogP contribution in [0.1, 0.15) is 23.0 Å². The van der Waals surface area contributed by atoms with E-state index in [1.54, 1.807) is 42.5 Å². The molecule has 1 aliphatic rings. The van der Waals surface area contributed by atoms with E-state index in [-0.39, 0.29) is 42.3 Å². The number of piperazine rings is 1. The molecule has 1 aliphatic heterocycles. The molecular weight excluding hydrogens is 720 g/mol. The number of sulfonamides is 1. The minimum absolute atomic E-state index is 0.0181. The fourth-order valence-corrected chi connectivity index (χ4v) is 6.21. The summed E-state index contributed by atoms with van der Waals surface area (Å²) in [5.41, 5.74) is 2.27. The Bertz CT molecular complexity index is 2310. The molecule has 20 heteroatoms. The average Bonchev–Trinajstić information content (AvgIpc) is 3.80. The van der Waals surface area contributed by atoms with Crippen molar-refractivity contribution in [3.63, 3.8) is 0 Å². The number of rotatable bonds is 11. The van der Waals surface area contributed by atoms with Crippen LogP contribution in [-0.2, 0) is 30.8 Å². The third-order valence-corrected chi connectivity index (χ3v) is 9.64. The lowest BCUT2D eigenvalue weighted by molar-refractivity contribution is -0.149. The summed E-state index contributed by atoms with van der Waals surface area (Å²) in [5.74, 6) is -3.97. The summed E-state index contributed by atoms with van der Waals surface area (Å²) >= 11 is 6.26. The number of fused-ring (bicyclic) bond motifs is 1.